The van der Waals surface area contributed by atoms with Gasteiger partial charge >= 0.3 is 0 Å². The van der Waals surface area contributed by atoms with E-state index in [0.29, 0.717) is 6.04 Å². The van der Waals surface area contributed by atoms with Crippen LogP contribution in [-0.2, 0) is 13.0 Å². The topological polar surface area (TPSA) is 42.7 Å². The van der Waals surface area contributed by atoms with Gasteiger partial charge < -0.3 is 5.32 Å². The average molecular weight is 357 g/mol. The summed E-state index contributed by atoms with van der Waals surface area (Å²) in [6.07, 6.45) is 4.02. The van der Waals surface area contributed by atoms with Crippen LogP contribution in [0, 0.1) is 6.92 Å². The van der Waals surface area contributed by atoms with Crippen LogP contribution in [0.3, 0.4) is 0 Å². The molecule has 0 saturated carbocycles. The maximum Gasteiger partial charge on any atom is 0.0794 e. The lowest BCUT2D eigenvalue weighted by molar-refractivity contribution is 0.507. The molecule has 0 bridgehead atoms. The Balaban J connectivity index is 2.23. The second-order valence-corrected chi connectivity index (χ2v) is 6.49. The van der Waals surface area contributed by atoms with Crippen molar-refractivity contribution in [2.75, 3.05) is 6.54 Å². The number of halogens is 1. The Hall–Kier alpha value is -0.720. The smallest absolute Gasteiger partial charge is 0.0794 e. The van der Waals surface area contributed by atoms with Crippen LogP contribution in [-0.4, -0.2) is 21.3 Å². The van der Waals surface area contributed by atoms with Gasteiger partial charge in [-0.1, -0.05) is 6.92 Å². The molecule has 0 radical (unpaired) electrons. The molecule has 1 atom stereocenters. The number of nitrogens with zero attached hydrogens (tertiary/aromatic N) is 3. The summed E-state index contributed by atoms with van der Waals surface area (Å²) in [5.74, 6) is 0. The molecule has 0 aliphatic carbocycles. The fourth-order valence-electron chi connectivity index (χ4n) is 2.25. The molecule has 0 amide bonds. The number of thiazole rings is 1. The molecule has 0 fully saturated rings. The lowest BCUT2D eigenvalue weighted by Crippen LogP contribution is -2.24. The van der Waals surface area contributed by atoms with Crippen LogP contribution in [0.5, 0.6) is 0 Å². The normalized spacial score (nSPS) is 12.8. The number of aryl methyl sites for hydroxylation is 2. The van der Waals surface area contributed by atoms with Crippen LogP contribution in [0.15, 0.2) is 16.2 Å². The fraction of sp³-hybridized carbons (Fsp3) is 0.571. The van der Waals surface area contributed by atoms with Gasteiger partial charge in [-0.25, -0.2) is 0 Å². The molecule has 2 aromatic heterocycles. The van der Waals surface area contributed by atoms with Crippen molar-refractivity contribution < 1.29 is 0 Å². The van der Waals surface area contributed by atoms with Crippen LogP contribution in [0.4, 0.5) is 0 Å². The first-order valence-corrected chi connectivity index (χ1v) is 8.68. The van der Waals surface area contributed by atoms with Gasteiger partial charge in [0.15, 0.2) is 0 Å². The molecular weight excluding hydrogens is 336 g/mol. The van der Waals surface area contributed by atoms with E-state index in [4.69, 9.17) is 0 Å². The van der Waals surface area contributed by atoms with Crippen molar-refractivity contribution in [1.29, 1.82) is 0 Å². The summed E-state index contributed by atoms with van der Waals surface area (Å²) in [5.41, 5.74) is 4.21. The van der Waals surface area contributed by atoms with Crippen molar-refractivity contribution in [2.24, 2.45) is 0 Å². The van der Waals surface area contributed by atoms with E-state index in [-0.39, 0.29) is 0 Å². The predicted octanol–water partition coefficient (Wildman–Crippen LogP) is 3.71. The zero-order valence-electron chi connectivity index (χ0n) is 12.2. The molecule has 0 aliphatic heterocycles. The molecule has 110 valence electrons. The van der Waals surface area contributed by atoms with Gasteiger partial charge in [-0.2, -0.15) is 5.10 Å². The van der Waals surface area contributed by atoms with Crippen molar-refractivity contribution in [2.45, 2.75) is 46.2 Å². The molecule has 20 heavy (non-hydrogen) atoms. The molecule has 6 heteroatoms. The first-order valence-electron chi connectivity index (χ1n) is 7.00. The van der Waals surface area contributed by atoms with E-state index < -0.39 is 0 Å². The van der Waals surface area contributed by atoms with Gasteiger partial charge in [-0.15, -0.1) is 11.3 Å². The summed E-state index contributed by atoms with van der Waals surface area (Å²) < 4.78 is 3.22. The van der Waals surface area contributed by atoms with Crippen molar-refractivity contribution >= 4 is 27.3 Å². The second kappa shape index (κ2) is 7.33. The average Bonchev–Trinajstić information content (AvgIpc) is 3.06. The number of hydrogen-bond acceptors (Lipinski definition) is 4. The van der Waals surface area contributed by atoms with E-state index in [1.807, 2.05) is 18.6 Å². The number of hydrogen-bond donors (Lipinski definition) is 1. The minimum absolute atomic E-state index is 0.306. The predicted molar refractivity (Wildman–Crippen MR) is 87.2 cm³/mol. The minimum Gasteiger partial charge on any atom is -0.309 e. The molecule has 4 nitrogen and oxygen atoms in total. The molecule has 2 aromatic rings. The fourth-order valence-corrected chi connectivity index (χ4v) is 3.39. The summed E-state index contributed by atoms with van der Waals surface area (Å²) in [5, 5.41) is 8.19. The summed E-state index contributed by atoms with van der Waals surface area (Å²) >= 11 is 5.39. The monoisotopic (exact) mass is 356 g/mol. The van der Waals surface area contributed by atoms with Crippen LogP contribution < -0.4 is 5.32 Å². The van der Waals surface area contributed by atoms with Crippen molar-refractivity contribution in [3.8, 4) is 0 Å². The lowest BCUT2D eigenvalue weighted by atomic mass is 10.1. The Morgan fingerprint density at radius 3 is 2.85 bits per heavy atom. The Morgan fingerprint density at radius 1 is 1.45 bits per heavy atom. The molecule has 1 N–H and O–H groups in total. The first kappa shape index (κ1) is 15.7. The molecule has 1 unspecified atom stereocenters. The van der Waals surface area contributed by atoms with Crippen LogP contribution in [0.25, 0.3) is 0 Å². The van der Waals surface area contributed by atoms with E-state index in [9.17, 15) is 0 Å². The highest BCUT2D eigenvalue weighted by Crippen LogP contribution is 2.28. The first-order chi connectivity index (χ1) is 9.67. The van der Waals surface area contributed by atoms with Crippen LogP contribution in [0.1, 0.15) is 42.6 Å². The molecule has 2 heterocycles. The third-order valence-electron chi connectivity index (χ3n) is 3.29. The molecule has 0 aliphatic rings. The van der Waals surface area contributed by atoms with Crippen LogP contribution in [0.2, 0.25) is 0 Å². The Morgan fingerprint density at radius 2 is 2.25 bits per heavy atom. The largest absolute Gasteiger partial charge is 0.309 e. The van der Waals surface area contributed by atoms with E-state index >= 15 is 0 Å². The summed E-state index contributed by atoms with van der Waals surface area (Å²) in [7, 11) is 0. The standard InChI is InChI=1S/C14H21BrN4S/c1-4-6-17-11(13-8-16-9-20-13)7-12-14(15)10(3)18-19(12)5-2/h8-9,11,17H,4-7H2,1-3H3. The minimum atomic E-state index is 0.306. The molecule has 0 aromatic carbocycles. The third-order valence-corrected chi connectivity index (χ3v) is 5.21. The molecule has 2 rings (SSSR count). The van der Waals surface area contributed by atoms with Gasteiger partial charge in [0.1, 0.15) is 0 Å². The number of nitrogens with one attached hydrogen (secondary N) is 1. The molecule has 0 saturated heterocycles. The van der Waals surface area contributed by atoms with E-state index in [2.05, 4.69) is 49.9 Å². The Bertz CT molecular complexity index is 536. The Labute approximate surface area is 132 Å². The third kappa shape index (κ3) is 3.48. The van der Waals surface area contributed by atoms with Crippen molar-refractivity contribution in [3.63, 3.8) is 0 Å². The van der Waals surface area contributed by atoms with E-state index in [0.717, 1.165) is 36.1 Å². The maximum atomic E-state index is 4.57. The summed E-state index contributed by atoms with van der Waals surface area (Å²) in [6.45, 7) is 8.27. The van der Waals surface area contributed by atoms with E-state index in [1.54, 1.807) is 11.3 Å². The zero-order chi connectivity index (χ0) is 14.5. The molecule has 0 spiro atoms. The van der Waals surface area contributed by atoms with Gasteiger partial charge in [0.2, 0.25) is 0 Å². The summed E-state index contributed by atoms with van der Waals surface area (Å²) in [4.78, 5) is 5.49. The summed E-state index contributed by atoms with van der Waals surface area (Å²) in [6, 6.07) is 0.306. The van der Waals surface area contributed by atoms with Gasteiger partial charge in [0, 0.05) is 30.1 Å². The number of rotatable bonds is 7. The van der Waals surface area contributed by atoms with Crippen molar-refractivity contribution in [1.82, 2.24) is 20.1 Å². The van der Waals surface area contributed by atoms with Gasteiger partial charge in [-0.05, 0) is 42.7 Å². The Kier molecular flexibility index (Phi) is 5.74. The van der Waals surface area contributed by atoms with Crippen LogP contribution >= 0.6 is 27.3 Å². The highest BCUT2D eigenvalue weighted by Gasteiger charge is 2.19. The highest BCUT2D eigenvalue weighted by atomic mass is 79.9. The van der Waals surface area contributed by atoms with Crippen molar-refractivity contribution in [3.05, 3.63) is 32.4 Å². The maximum absolute atomic E-state index is 4.57. The van der Waals surface area contributed by atoms with E-state index in [1.165, 1.54) is 10.6 Å². The van der Waals surface area contributed by atoms with Gasteiger partial charge in [0.25, 0.3) is 0 Å². The van der Waals surface area contributed by atoms with Gasteiger partial charge in [0.05, 0.1) is 21.4 Å². The second-order valence-electron chi connectivity index (χ2n) is 4.78. The zero-order valence-corrected chi connectivity index (χ0v) is 14.6. The van der Waals surface area contributed by atoms with Gasteiger partial charge in [-0.3, -0.25) is 9.67 Å². The molecular formula is C14H21BrN4S. The highest BCUT2D eigenvalue weighted by molar-refractivity contribution is 9.10. The SMILES string of the molecule is CCCNC(Cc1c(Br)c(C)nn1CC)c1cncs1. The quantitative estimate of drug-likeness (QED) is 0.821. The lowest BCUT2D eigenvalue weighted by Gasteiger charge is -2.17. The number of aromatic nitrogens is 3.